The SMILES string of the molecule is CC(=O)c1ccc(-c2ccsc2)c(N)c1. The Kier molecular flexibility index (Phi) is 2.56. The number of carbonyl (C=O) groups is 1. The molecule has 0 aliphatic heterocycles. The van der Waals surface area contributed by atoms with Crippen LogP contribution in [0.4, 0.5) is 5.69 Å². The van der Waals surface area contributed by atoms with E-state index < -0.39 is 0 Å². The largest absolute Gasteiger partial charge is 0.398 e. The molecule has 1 aromatic heterocycles. The summed E-state index contributed by atoms with van der Waals surface area (Å²) >= 11 is 1.63. The highest BCUT2D eigenvalue weighted by atomic mass is 32.1. The predicted octanol–water partition coefficient (Wildman–Crippen LogP) is 3.20. The van der Waals surface area contributed by atoms with Crippen LogP contribution in [0.25, 0.3) is 11.1 Å². The van der Waals surface area contributed by atoms with Crippen LogP contribution in [0.2, 0.25) is 0 Å². The third-order valence-electron chi connectivity index (χ3n) is 2.29. The molecule has 1 heterocycles. The molecule has 2 N–H and O–H groups in total. The molecule has 2 aromatic rings. The van der Waals surface area contributed by atoms with E-state index in [0.29, 0.717) is 11.3 Å². The molecule has 3 heteroatoms. The van der Waals surface area contributed by atoms with E-state index in [1.165, 1.54) is 0 Å². The lowest BCUT2D eigenvalue weighted by molar-refractivity contribution is 0.101. The van der Waals surface area contributed by atoms with Crippen LogP contribution < -0.4 is 5.73 Å². The normalized spacial score (nSPS) is 10.2. The summed E-state index contributed by atoms with van der Waals surface area (Å²) in [6.07, 6.45) is 0. The summed E-state index contributed by atoms with van der Waals surface area (Å²) in [5.74, 6) is 0.0403. The van der Waals surface area contributed by atoms with E-state index in [1.807, 2.05) is 29.0 Å². The highest BCUT2D eigenvalue weighted by Gasteiger charge is 2.06. The van der Waals surface area contributed by atoms with Crippen molar-refractivity contribution in [1.29, 1.82) is 0 Å². The number of ketones is 1. The second kappa shape index (κ2) is 3.87. The van der Waals surface area contributed by atoms with Gasteiger partial charge in [-0.15, -0.1) is 0 Å². The van der Waals surface area contributed by atoms with E-state index in [-0.39, 0.29) is 5.78 Å². The van der Waals surface area contributed by atoms with E-state index in [9.17, 15) is 4.79 Å². The Morgan fingerprint density at radius 3 is 2.67 bits per heavy atom. The minimum Gasteiger partial charge on any atom is -0.398 e. The predicted molar refractivity (Wildman–Crippen MR) is 64.2 cm³/mol. The Bertz CT molecular complexity index is 488. The summed E-state index contributed by atoms with van der Waals surface area (Å²) in [4.78, 5) is 11.1. The van der Waals surface area contributed by atoms with E-state index in [4.69, 9.17) is 5.73 Å². The molecule has 0 saturated carbocycles. The maximum atomic E-state index is 11.1. The average Bonchev–Trinajstić information content (AvgIpc) is 2.70. The van der Waals surface area contributed by atoms with E-state index in [0.717, 1.165) is 11.1 Å². The van der Waals surface area contributed by atoms with Crippen LogP contribution in [-0.2, 0) is 0 Å². The van der Waals surface area contributed by atoms with Gasteiger partial charge in [0.05, 0.1) is 0 Å². The van der Waals surface area contributed by atoms with Crippen molar-refractivity contribution in [2.45, 2.75) is 6.92 Å². The highest BCUT2D eigenvalue weighted by molar-refractivity contribution is 7.08. The van der Waals surface area contributed by atoms with Gasteiger partial charge in [0.1, 0.15) is 0 Å². The van der Waals surface area contributed by atoms with Crippen LogP contribution in [-0.4, -0.2) is 5.78 Å². The zero-order valence-corrected chi connectivity index (χ0v) is 9.17. The third-order valence-corrected chi connectivity index (χ3v) is 2.97. The Hall–Kier alpha value is -1.61. The molecule has 0 saturated heterocycles. The summed E-state index contributed by atoms with van der Waals surface area (Å²) in [6.45, 7) is 1.54. The van der Waals surface area contributed by atoms with Gasteiger partial charge in [0.2, 0.25) is 0 Å². The Labute approximate surface area is 92.4 Å². The van der Waals surface area contributed by atoms with Gasteiger partial charge >= 0.3 is 0 Å². The Balaban J connectivity index is 2.48. The minimum atomic E-state index is 0.0403. The maximum Gasteiger partial charge on any atom is 0.159 e. The van der Waals surface area contributed by atoms with Crippen LogP contribution >= 0.6 is 11.3 Å². The van der Waals surface area contributed by atoms with Gasteiger partial charge in [0.15, 0.2) is 5.78 Å². The topological polar surface area (TPSA) is 43.1 Å². The Morgan fingerprint density at radius 1 is 1.33 bits per heavy atom. The van der Waals surface area contributed by atoms with Crippen molar-refractivity contribution < 1.29 is 4.79 Å². The highest BCUT2D eigenvalue weighted by Crippen LogP contribution is 2.28. The van der Waals surface area contributed by atoms with Crippen LogP contribution in [0.3, 0.4) is 0 Å². The van der Waals surface area contributed by atoms with Gasteiger partial charge in [0.25, 0.3) is 0 Å². The van der Waals surface area contributed by atoms with Gasteiger partial charge in [-0.1, -0.05) is 12.1 Å². The first-order valence-electron chi connectivity index (χ1n) is 4.61. The molecule has 2 nitrogen and oxygen atoms in total. The molecule has 1 aromatic carbocycles. The van der Waals surface area contributed by atoms with Crippen LogP contribution in [0.1, 0.15) is 17.3 Å². The zero-order chi connectivity index (χ0) is 10.8. The molecule has 0 spiro atoms. The molecule has 0 atom stereocenters. The van der Waals surface area contributed by atoms with Gasteiger partial charge in [0, 0.05) is 16.8 Å². The standard InChI is InChI=1S/C12H11NOS/c1-8(14)9-2-3-11(12(13)6-9)10-4-5-15-7-10/h2-7H,13H2,1H3. The van der Waals surface area contributed by atoms with Crippen molar-refractivity contribution in [3.8, 4) is 11.1 Å². The molecule has 0 radical (unpaired) electrons. The first-order chi connectivity index (χ1) is 7.18. The fraction of sp³-hybridized carbons (Fsp3) is 0.0833. The molecular weight excluding hydrogens is 206 g/mol. The van der Waals surface area contributed by atoms with Crippen molar-refractivity contribution >= 4 is 22.8 Å². The summed E-state index contributed by atoms with van der Waals surface area (Å²) in [6, 6.07) is 7.46. The smallest absolute Gasteiger partial charge is 0.159 e. The van der Waals surface area contributed by atoms with E-state index in [2.05, 4.69) is 0 Å². The number of nitrogen functional groups attached to an aromatic ring is 1. The maximum absolute atomic E-state index is 11.1. The molecule has 76 valence electrons. The fourth-order valence-electron chi connectivity index (χ4n) is 1.46. The van der Waals surface area contributed by atoms with Crippen molar-refractivity contribution in [3.63, 3.8) is 0 Å². The number of Topliss-reactive ketones (excluding diaryl/α,β-unsaturated/α-hetero) is 1. The van der Waals surface area contributed by atoms with E-state index >= 15 is 0 Å². The van der Waals surface area contributed by atoms with Crippen LogP contribution in [0.5, 0.6) is 0 Å². The number of benzene rings is 1. The fourth-order valence-corrected chi connectivity index (χ4v) is 2.12. The summed E-state index contributed by atoms with van der Waals surface area (Å²) in [7, 11) is 0. The van der Waals surface area contributed by atoms with Crippen LogP contribution in [0.15, 0.2) is 35.0 Å². The van der Waals surface area contributed by atoms with Crippen molar-refractivity contribution in [2.75, 3.05) is 5.73 Å². The van der Waals surface area contributed by atoms with E-state index in [1.54, 1.807) is 24.3 Å². The third kappa shape index (κ3) is 1.92. The number of thiophene rings is 1. The van der Waals surface area contributed by atoms with Gasteiger partial charge in [-0.2, -0.15) is 11.3 Å². The first kappa shape index (κ1) is 9.93. The molecule has 0 fully saturated rings. The number of nitrogens with two attached hydrogens (primary N) is 1. The van der Waals surface area contributed by atoms with Gasteiger partial charge in [-0.05, 0) is 35.4 Å². The van der Waals surface area contributed by atoms with Crippen molar-refractivity contribution in [2.24, 2.45) is 0 Å². The molecular formula is C12H11NOS. The number of hydrogen-bond donors (Lipinski definition) is 1. The molecule has 0 bridgehead atoms. The van der Waals surface area contributed by atoms with Crippen molar-refractivity contribution in [3.05, 3.63) is 40.6 Å². The number of anilines is 1. The van der Waals surface area contributed by atoms with Crippen molar-refractivity contribution in [1.82, 2.24) is 0 Å². The zero-order valence-electron chi connectivity index (χ0n) is 8.36. The minimum absolute atomic E-state index is 0.0403. The monoisotopic (exact) mass is 217 g/mol. The quantitative estimate of drug-likeness (QED) is 0.620. The lowest BCUT2D eigenvalue weighted by Crippen LogP contribution is -1.96. The molecule has 2 rings (SSSR count). The number of carbonyl (C=O) groups excluding carboxylic acids is 1. The van der Waals surface area contributed by atoms with Gasteiger partial charge in [-0.25, -0.2) is 0 Å². The number of rotatable bonds is 2. The summed E-state index contributed by atoms with van der Waals surface area (Å²) in [5.41, 5.74) is 9.31. The second-order valence-corrected chi connectivity index (χ2v) is 4.15. The number of hydrogen-bond acceptors (Lipinski definition) is 3. The Morgan fingerprint density at radius 2 is 2.13 bits per heavy atom. The second-order valence-electron chi connectivity index (χ2n) is 3.37. The molecule has 0 aliphatic carbocycles. The first-order valence-corrected chi connectivity index (χ1v) is 5.56. The lowest BCUT2D eigenvalue weighted by Gasteiger charge is -2.04. The summed E-state index contributed by atoms with van der Waals surface area (Å²) < 4.78 is 0. The molecule has 0 aliphatic rings. The van der Waals surface area contributed by atoms with Gasteiger partial charge < -0.3 is 5.73 Å². The lowest BCUT2D eigenvalue weighted by atomic mass is 10.0. The van der Waals surface area contributed by atoms with Crippen LogP contribution in [0, 0.1) is 0 Å². The summed E-state index contributed by atoms with van der Waals surface area (Å²) in [5, 5.41) is 4.05. The average molecular weight is 217 g/mol. The molecule has 0 unspecified atom stereocenters. The van der Waals surface area contributed by atoms with Gasteiger partial charge in [-0.3, -0.25) is 4.79 Å². The molecule has 15 heavy (non-hydrogen) atoms. The molecule has 0 amide bonds.